The molecule has 1 N–H and O–H groups in total. The average Bonchev–Trinajstić information content (AvgIpc) is 2.59. The fourth-order valence-corrected chi connectivity index (χ4v) is 1.33. The third-order valence-electron chi connectivity index (χ3n) is 2.04. The molecule has 0 fully saturated rings. The van der Waals surface area contributed by atoms with Crippen molar-refractivity contribution in [3.05, 3.63) is 18.2 Å². The summed E-state index contributed by atoms with van der Waals surface area (Å²) in [5, 5.41) is 3.38. The van der Waals surface area contributed by atoms with E-state index in [9.17, 15) is 0 Å². The molecule has 0 bridgehead atoms. The van der Waals surface area contributed by atoms with Crippen LogP contribution in [0.25, 0.3) is 0 Å². The number of aryl methyl sites for hydroxylation is 1. The van der Waals surface area contributed by atoms with E-state index in [2.05, 4.69) is 23.1 Å². The fourth-order valence-electron chi connectivity index (χ4n) is 1.33. The van der Waals surface area contributed by atoms with E-state index >= 15 is 0 Å². The van der Waals surface area contributed by atoms with E-state index in [1.807, 2.05) is 17.8 Å². The molecule has 1 rings (SSSR count). The van der Waals surface area contributed by atoms with Gasteiger partial charge in [0.05, 0.1) is 18.1 Å². The molecule has 1 unspecified atom stereocenters. The molecule has 0 aromatic carbocycles. The molecular weight excluding hydrogens is 174 g/mol. The molecule has 14 heavy (non-hydrogen) atoms. The lowest BCUT2D eigenvalue weighted by atomic mass is 10.1. The lowest BCUT2D eigenvalue weighted by Gasteiger charge is -2.12. The van der Waals surface area contributed by atoms with Gasteiger partial charge >= 0.3 is 0 Å². The molecule has 1 aromatic rings. The zero-order chi connectivity index (χ0) is 10.4. The summed E-state index contributed by atoms with van der Waals surface area (Å²) in [5.74, 6) is 2.67. The van der Waals surface area contributed by atoms with Crippen LogP contribution in [0, 0.1) is 12.3 Å². The molecular formula is C11H17N3. The van der Waals surface area contributed by atoms with Crippen molar-refractivity contribution in [1.29, 1.82) is 0 Å². The second kappa shape index (κ2) is 5.46. The molecule has 0 aliphatic carbocycles. The van der Waals surface area contributed by atoms with E-state index in [4.69, 9.17) is 6.42 Å². The number of nitrogens with zero attached hydrogens (tertiary/aromatic N) is 2. The molecule has 3 nitrogen and oxygen atoms in total. The van der Waals surface area contributed by atoms with Crippen LogP contribution >= 0.6 is 0 Å². The third kappa shape index (κ3) is 2.90. The summed E-state index contributed by atoms with van der Waals surface area (Å²) in [6, 6.07) is 0.196. The van der Waals surface area contributed by atoms with Crippen LogP contribution in [0.5, 0.6) is 0 Å². The SMILES string of the molecule is C#CCC(NCCC)c1cn(C)cn1. The largest absolute Gasteiger partial charge is 0.340 e. The Labute approximate surface area is 85.5 Å². The Kier molecular flexibility index (Phi) is 4.21. The van der Waals surface area contributed by atoms with E-state index in [1.165, 1.54) is 0 Å². The molecule has 0 spiro atoms. The number of nitrogens with one attached hydrogen (secondary N) is 1. The monoisotopic (exact) mass is 191 g/mol. The number of rotatable bonds is 5. The average molecular weight is 191 g/mol. The molecule has 1 aromatic heterocycles. The maximum Gasteiger partial charge on any atom is 0.0947 e. The van der Waals surface area contributed by atoms with Gasteiger partial charge in [0.2, 0.25) is 0 Å². The van der Waals surface area contributed by atoms with Crippen molar-refractivity contribution in [3.63, 3.8) is 0 Å². The van der Waals surface area contributed by atoms with Gasteiger partial charge in [-0.05, 0) is 13.0 Å². The topological polar surface area (TPSA) is 29.9 Å². The van der Waals surface area contributed by atoms with Crippen molar-refractivity contribution < 1.29 is 0 Å². The summed E-state index contributed by atoms with van der Waals surface area (Å²) in [5.41, 5.74) is 1.03. The highest BCUT2D eigenvalue weighted by Gasteiger charge is 2.11. The van der Waals surface area contributed by atoms with Crippen LogP contribution in [0.3, 0.4) is 0 Å². The molecule has 0 saturated carbocycles. The van der Waals surface area contributed by atoms with Gasteiger partial charge in [-0.25, -0.2) is 4.98 Å². The Bertz CT molecular complexity index is 309. The summed E-state index contributed by atoms with van der Waals surface area (Å²) in [4.78, 5) is 4.29. The normalized spacial score (nSPS) is 12.4. The molecule has 3 heteroatoms. The van der Waals surface area contributed by atoms with Crippen LogP contribution in [-0.2, 0) is 7.05 Å². The van der Waals surface area contributed by atoms with Crippen molar-refractivity contribution in [2.45, 2.75) is 25.8 Å². The van der Waals surface area contributed by atoms with Crippen molar-refractivity contribution in [2.24, 2.45) is 7.05 Å². The Morgan fingerprint density at radius 2 is 2.50 bits per heavy atom. The van der Waals surface area contributed by atoms with Gasteiger partial charge in [0.1, 0.15) is 0 Å². The maximum absolute atomic E-state index is 5.32. The number of imidazole rings is 1. The minimum absolute atomic E-state index is 0.196. The minimum Gasteiger partial charge on any atom is -0.340 e. The van der Waals surface area contributed by atoms with Crippen LogP contribution in [0.2, 0.25) is 0 Å². The smallest absolute Gasteiger partial charge is 0.0947 e. The van der Waals surface area contributed by atoms with Crippen LogP contribution in [0.15, 0.2) is 12.5 Å². The van der Waals surface area contributed by atoms with Gasteiger partial charge in [-0.2, -0.15) is 0 Å². The number of aromatic nitrogens is 2. The first-order valence-electron chi connectivity index (χ1n) is 4.92. The molecule has 76 valence electrons. The van der Waals surface area contributed by atoms with E-state index in [1.54, 1.807) is 6.33 Å². The first-order valence-corrected chi connectivity index (χ1v) is 4.92. The van der Waals surface area contributed by atoms with E-state index < -0.39 is 0 Å². The van der Waals surface area contributed by atoms with Gasteiger partial charge in [0.15, 0.2) is 0 Å². The van der Waals surface area contributed by atoms with Gasteiger partial charge in [-0.15, -0.1) is 12.3 Å². The van der Waals surface area contributed by atoms with E-state index in [0.29, 0.717) is 6.42 Å². The van der Waals surface area contributed by atoms with Crippen molar-refractivity contribution >= 4 is 0 Å². The Balaban J connectivity index is 2.63. The zero-order valence-electron chi connectivity index (χ0n) is 8.83. The van der Waals surface area contributed by atoms with E-state index in [0.717, 1.165) is 18.7 Å². The molecule has 0 aliphatic rings. The number of terminal acetylenes is 1. The van der Waals surface area contributed by atoms with Gasteiger partial charge in [-0.1, -0.05) is 6.92 Å². The van der Waals surface area contributed by atoms with Crippen LogP contribution < -0.4 is 5.32 Å². The summed E-state index contributed by atoms with van der Waals surface area (Å²) in [6.07, 6.45) is 10.9. The molecule has 0 radical (unpaired) electrons. The van der Waals surface area contributed by atoms with Gasteiger partial charge in [0, 0.05) is 19.7 Å². The molecule has 0 amide bonds. The van der Waals surface area contributed by atoms with Crippen LogP contribution in [0.4, 0.5) is 0 Å². The summed E-state index contributed by atoms with van der Waals surface area (Å²) >= 11 is 0. The predicted molar refractivity (Wildman–Crippen MR) is 57.7 cm³/mol. The van der Waals surface area contributed by atoms with Crippen LogP contribution in [0.1, 0.15) is 31.5 Å². The van der Waals surface area contributed by atoms with Crippen molar-refractivity contribution in [1.82, 2.24) is 14.9 Å². The Morgan fingerprint density at radius 1 is 1.71 bits per heavy atom. The van der Waals surface area contributed by atoms with Gasteiger partial charge < -0.3 is 9.88 Å². The van der Waals surface area contributed by atoms with Gasteiger partial charge in [-0.3, -0.25) is 0 Å². The first kappa shape index (κ1) is 10.8. The maximum atomic E-state index is 5.32. The summed E-state index contributed by atoms with van der Waals surface area (Å²) in [7, 11) is 1.96. The standard InChI is InChI=1S/C11H17N3/c1-4-6-10(12-7-5-2)11-8-14(3)9-13-11/h1,8-10,12H,5-7H2,2-3H3. The third-order valence-corrected chi connectivity index (χ3v) is 2.04. The second-order valence-electron chi connectivity index (χ2n) is 3.38. The first-order chi connectivity index (χ1) is 6.77. The summed E-state index contributed by atoms with van der Waals surface area (Å²) in [6.45, 7) is 3.11. The number of hydrogen-bond acceptors (Lipinski definition) is 2. The Hall–Kier alpha value is -1.27. The lowest BCUT2D eigenvalue weighted by molar-refractivity contribution is 0.532. The molecule has 0 aliphatic heterocycles. The fraction of sp³-hybridized carbons (Fsp3) is 0.545. The van der Waals surface area contributed by atoms with E-state index in [-0.39, 0.29) is 6.04 Å². The minimum atomic E-state index is 0.196. The molecule has 0 saturated heterocycles. The van der Waals surface area contributed by atoms with Crippen molar-refractivity contribution in [3.8, 4) is 12.3 Å². The van der Waals surface area contributed by atoms with Gasteiger partial charge in [0.25, 0.3) is 0 Å². The Morgan fingerprint density at radius 3 is 3.00 bits per heavy atom. The highest BCUT2D eigenvalue weighted by atomic mass is 15.0. The molecule has 1 heterocycles. The van der Waals surface area contributed by atoms with Crippen molar-refractivity contribution in [2.75, 3.05) is 6.54 Å². The highest BCUT2D eigenvalue weighted by Crippen LogP contribution is 2.13. The highest BCUT2D eigenvalue weighted by molar-refractivity contribution is 5.07. The lowest BCUT2D eigenvalue weighted by Crippen LogP contribution is -2.22. The summed E-state index contributed by atoms with van der Waals surface area (Å²) < 4.78 is 1.94. The second-order valence-corrected chi connectivity index (χ2v) is 3.38. The zero-order valence-corrected chi connectivity index (χ0v) is 8.83. The quantitative estimate of drug-likeness (QED) is 0.714. The number of hydrogen-bond donors (Lipinski definition) is 1. The predicted octanol–water partition coefficient (Wildman–Crippen LogP) is 1.48. The molecule has 1 atom stereocenters. The van der Waals surface area contributed by atoms with Crippen LogP contribution in [-0.4, -0.2) is 16.1 Å².